The van der Waals surface area contributed by atoms with Crippen LogP contribution in [0.15, 0.2) is 18.2 Å². The Morgan fingerprint density at radius 2 is 2.25 bits per heavy atom. The molecule has 5 nitrogen and oxygen atoms in total. The fourth-order valence-corrected chi connectivity index (χ4v) is 1.32. The summed E-state index contributed by atoms with van der Waals surface area (Å²) >= 11 is 0. The van der Waals surface area contributed by atoms with Crippen molar-refractivity contribution in [3.8, 4) is 5.75 Å². The smallest absolute Gasteiger partial charge is 0.143 e. The van der Waals surface area contributed by atoms with Crippen molar-refractivity contribution in [2.24, 2.45) is 0 Å². The summed E-state index contributed by atoms with van der Waals surface area (Å²) in [6.07, 6.45) is -0.211. The second kappa shape index (κ2) is 6.19. The Bertz CT molecular complexity index is 331. The lowest BCUT2D eigenvalue weighted by Crippen LogP contribution is -2.17. The molecule has 90 valence electrons. The van der Waals surface area contributed by atoms with Crippen LogP contribution in [-0.4, -0.2) is 36.6 Å². The van der Waals surface area contributed by atoms with Gasteiger partial charge in [0.05, 0.1) is 25.5 Å². The fraction of sp³-hybridized carbons (Fsp3) is 0.455. The zero-order valence-electron chi connectivity index (χ0n) is 9.31. The third-order valence-electron chi connectivity index (χ3n) is 2.23. The third kappa shape index (κ3) is 3.60. The zero-order valence-corrected chi connectivity index (χ0v) is 9.31. The van der Waals surface area contributed by atoms with Gasteiger partial charge >= 0.3 is 0 Å². The number of ether oxygens (including phenoxy) is 1. The lowest BCUT2D eigenvalue weighted by atomic mass is 10.2. The summed E-state index contributed by atoms with van der Waals surface area (Å²) in [7, 11) is 1.57. The molecule has 0 heterocycles. The molecule has 0 spiro atoms. The van der Waals surface area contributed by atoms with E-state index in [1.54, 1.807) is 19.2 Å². The van der Waals surface area contributed by atoms with Gasteiger partial charge in [0, 0.05) is 18.3 Å². The van der Waals surface area contributed by atoms with Gasteiger partial charge < -0.3 is 26.0 Å². The predicted molar refractivity (Wildman–Crippen MR) is 63.6 cm³/mol. The van der Waals surface area contributed by atoms with Crippen LogP contribution in [0.2, 0.25) is 0 Å². The van der Waals surface area contributed by atoms with Crippen LogP contribution in [0.1, 0.15) is 6.42 Å². The Hall–Kier alpha value is -1.46. The maximum Gasteiger partial charge on any atom is 0.143 e. The van der Waals surface area contributed by atoms with E-state index in [-0.39, 0.29) is 6.61 Å². The molecular weight excluding hydrogens is 208 g/mol. The molecular formula is C11H18N2O3. The molecule has 0 aromatic heterocycles. The predicted octanol–water partition coefficient (Wildman–Crippen LogP) is 0.433. The zero-order chi connectivity index (χ0) is 12.0. The number of anilines is 2. The highest BCUT2D eigenvalue weighted by Crippen LogP contribution is 2.26. The number of benzene rings is 1. The Balaban J connectivity index is 2.53. The highest BCUT2D eigenvalue weighted by atomic mass is 16.5. The van der Waals surface area contributed by atoms with E-state index in [0.717, 1.165) is 5.69 Å². The summed E-state index contributed by atoms with van der Waals surface area (Å²) in [5.41, 5.74) is 7.08. The van der Waals surface area contributed by atoms with Gasteiger partial charge in [-0.05, 0) is 18.6 Å². The van der Waals surface area contributed by atoms with Crippen LogP contribution in [0.5, 0.6) is 5.75 Å². The van der Waals surface area contributed by atoms with E-state index in [9.17, 15) is 0 Å². The van der Waals surface area contributed by atoms with E-state index >= 15 is 0 Å². The minimum Gasteiger partial charge on any atom is -0.495 e. The molecule has 5 heteroatoms. The Morgan fingerprint density at radius 3 is 2.88 bits per heavy atom. The van der Waals surface area contributed by atoms with E-state index < -0.39 is 6.10 Å². The summed E-state index contributed by atoms with van der Waals surface area (Å²) in [6, 6.07) is 5.32. The summed E-state index contributed by atoms with van der Waals surface area (Å²) in [5, 5.41) is 20.9. The van der Waals surface area contributed by atoms with E-state index in [1.165, 1.54) is 0 Å². The molecule has 0 aliphatic carbocycles. The van der Waals surface area contributed by atoms with Gasteiger partial charge in [-0.2, -0.15) is 0 Å². The van der Waals surface area contributed by atoms with Gasteiger partial charge in [-0.3, -0.25) is 0 Å². The van der Waals surface area contributed by atoms with Gasteiger partial charge in [-0.25, -0.2) is 0 Å². The van der Waals surface area contributed by atoms with E-state index in [2.05, 4.69) is 5.32 Å². The van der Waals surface area contributed by atoms with E-state index in [1.807, 2.05) is 6.07 Å². The molecule has 0 saturated carbocycles. The lowest BCUT2D eigenvalue weighted by Gasteiger charge is -2.13. The van der Waals surface area contributed by atoms with Crippen molar-refractivity contribution in [3.05, 3.63) is 18.2 Å². The molecule has 1 atom stereocenters. The minimum absolute atomic E-state index is 0.222. The largest absolute Gasteiger partial charge is 0.495 e. The first-order valence-corrected chi connectivity index (χ1v) is 5.13. The van der Waals surface area contributed by atoms with Crippen LogP contribution in [0.25, 0.3) is 0 Å². The molecule has 0 radical (unpaired) electrons. The first-order valence-electron chi connectivity index (χ1n) is 5.13. The normalized spacial score (nSPS) is 12.2. The minimum atomic E-state index is -0.688. The summed E-state index contributed by atoms with van der Waals surface area (Å²) in [5.74, 6) is 0.665. The average molecular weight is 226 g/mol. The molecule has 1 aromatic rings. The SMILES string of the molecule is COc1cc(N)ccc1NCCC(O)CO. The topological polar surface area (TPSA) is 87.7 Å². The first kappa shape index (κ1) is 12.6. The van der Waals surface area contributed by atoms with Crippen LogP contribution in [0, 0.1) is 0 Å². The van der Waals surface area contributed by atoms with Crippen molar-refractivity contribution in [2.45, 2.75) is 12.5 Å². The van der Waals surface area contributed by atoms with Crippen molar-refractivity contribution in [1.29, 1.82) is 0 Å². The number of hydrogen-bond donors (Lipinski definition) is 4. The molecule has 0 bridgehead atoms. The monoisotopic (exact) mass is 226 g/mol. The molecule has 16 heavy (non-hydrogen) atoms. The Morgan fingerprint density at radius 1 is 1.50 bits per heavy atom. The first-order chi connectivity index (χ1) is 7.67. The van der Waals surface area contributed by atoms with Crippen LogP contribution in [0.3, 0.4) is 0 Å². The molecule has 0 saturated heterocycles. The van der Waals surface area contributed by atoms with Gasteiger partial charge in [0.25, 0.3) is 0 Å². The molecule has 0 fully saturated rings. The van der Waals surface area contributed by atoms with Gasteiger partial charge in [0.2, 0.25) is 0 Å². The number of hydrogen-bond acceptors (Lipinski definition) is 5. The van der Waals surface area contributed by atoms with Crippen molar-refractivity contribution in [2.75, 3.05) is 31.3 Å². The summed E-state index contributed by atoms with van der Waals surface area (Å²) < 4.78 is 5.16. The molecule has 0 aliphatic heterocycles. The number of nitrogen functional groups attached to an aromatic ring is 1. The van der Waals surface area contributed by atoms with Crippen LogP contribution < -0.4 is 15.8 Å². The fourth-order valence-electron chi connectivity index (χ4n) is 1.32. The molecule has 1 aromatic carbocycles. The highest BCUT2D eigenvalue weighted by Gasteiger charge is 2.04. The van der Waals surface area contributed by atoms with E-state index in [4.69, 9.17) is 20.7 Å². The number of methoxy groups -OCH3 is 1. The average Bonchev–Trinajstić information content (AvgIpc) is 2.30. The lowest BCUT2D eigenvalue weighted by molar-refractivity contribution is 0.0911. The number of nitrogens with one attached hydrogen (secondary N) is 1. The number of rotatable bonds is 6. The quantitative estimate of drug-likeness (QED) is 0.528. The van der Waals surface area contributed by atoms with Crippen molar-refractivity contribution in [1.82, 2.24) is 0 Å². The molecule has 0 amide bonds. The van der Waals surface area contributed by atoms with E-state index in [0.29, 0.717) is 24.4 Å². The van der Waals surface area contributed by atoms with Gasteiger partial charge in [0.15, 0.2) is 0 Å². The summed E-state index contributed by atoms with van der Waals surface area (Å²) in [4.78, 5) is 0. The maximum absolute atomic E-state index is 9.17. The third-order valence-corrected chi connectivity index (χ3v) is 2.23. The Labute approximate surface area is 94.8 Å². The second-order valence-electron chi connectivity index (χ2n) is 3.51. The molecule has 1 rings (SSSR count). The second-order valence-corrected chi connectivity index (χ2v) is 3.51. The Kier molecular flexibility index (Phi) is 4.88. The van der Waals surface area contributed by atoms with Gasteiger partial charge in [-0.1, -0.05) is 0 Å². The number of aliphatic hydroxyl groups excluding tert-OH is 2. The maximum atomic E-state index is 9.17. The van der Waals surface area contributed by atoms with Crippen molar-refractivity contribution in [3.63, 3.8) is 0 Å². The van der Waals surface area contributed by atoms with Crippen molar-refractivity contribution < 1.29 is 14.9 Å². The number of aliphatic hydroxyl groups is 2. The molecule has 5 N–H and O–H groups in total. The van der Waals surface area contributed by atoms with Crippen LogP contribution in [-0.2, 0) is 0 Å². The highest BCUT2D eigenvalue weighted by molar-refractivity contribution is 5.62. The van der Waals surface area contributed by atoms with Gasteiger partial charge in [0.1, 0.15) is 5.75 Å². The molecule has 0 aliphatic rings. The van der Waals surface area contributed by atoms with Gasteiger partial charge in [-0.15, -0.1) is 0 Å². The summed E-state index contributed by atoms with van der Waals surface area (Å²) in [6.45, 7) is 0.336. The van der Waals surface area contributed by atoms with Crippen molar-refractivity contribution >= 4 is 11.4 Å². The van der Waals surface area contributed by atoms with Crippen LogP contribution >= 0.6 is 0 Å². The van der Waals surface area contributed by atoms with Crippen LogP contribution in [0.4, 0.5) is 11.4 Å². The molecule has 1 unspecified atom stereocenters. The standard InChI is InChI=1S/C11H18N2O3/c1-16-11-6-8(12)2-3-10(11)13-5-4-9(15)7-14/h2-3,6,9,13-15H,4-5,7,12H2,1H3. The number of nitrogens with two attached hydrogens (primary N) is 1.